The largest absolute Gasteiger partial charge is 0.394 e. The Morgan fingerprint density at radius 1 is 0.591 bits per heavy atom. The fourth-order valence-electron chi connectivity index (χ4n) is 5.05. The van der Waals surface area contributed by atoms with Crippen LogP contribution in [0.3, 0.4) is 0 Å². The Kier molecular flexibility index (Phi) is 16.4. The Morgan fingerprint density at radius 2 is 0.864 bits per heavy atom. The van der Waals surface area contributed by atoms with Gasteiger partial charge >= 0.3 is 15.2 Å². The number of nitrogens with zero attached hydrogens (tertiary/aromatic N) is 1. The minimum absolute atomic E-state index is 0.310. The highest BCUT2D eigenvalue weighted by molar-refractivity contribution is 7.54. The van der Waals surface area contributed by atoms with Crippen LogP contribution < -0.4 is 0 Å². The molecule has 0 radical (unpaired) electrons. The average molecular weight is 658 g/mol. The second-order valence-electron chi connectivity index (χ2n) is 11.0. The Morgan fingerprint density at radius 3 is 1.11 bits per heavy atom. The minimum atomic E-state index is -3.23. The molecule has 0 heterocycles. The van der Waals surface area contributed by atoms with E-state index in [1.165, 1.54) is 0 Å². The number of aliphatic hydroxyl groups excluding tert-OH is 3. The van der Waals surface area contributed by atoms with Crippen molar-refractivity contribution in [1.82, 2.24) is 4.90 Å². The van der Waals surface area contributed by atoms with Gasteiger partial charge in [0.25, 0.3) is 0 Å². The summed E-state index contributed by atoms with van der Waals surface area (Å²) in [5.41, 5.74) is 1.93. The molecule has 2 rings (SSSR count). The highest BCUT2D eigenvalue weighted by Crippen LogP contribution is 2.54. The molecule has 2 atom stereocenters. The number of hydrogen-bond acceptors (Lipinski definition) is 10. The lowest BCUT2D eigenvalue weighted by atomic mass is 9.97. The van der Waals surface area contributed by atoms with Crippen molar-refractivity contribution < 1.29 is 42.5 Å². The van der Waals surface area contributed by atoms with Crippen LogP contribution in [0, 0.1) is 0 Å². The van der Waals surface area contributed by atoms with E-state index in [0.717, 1.165) is 22.3 Å². The van der Waals surface area contributed by atoms with E-state index >= 15 is 0 Å². The quantitative estimate of drug-likeness (QED) is 0.133. The van der Waals surface area contributed by atoms with Gasteiger partial charge in [-0.1, -0.05) is 62.4 Å². The van der Waals surface area contributed by atoms with Crippen LogP contribution in [0.25, 0.3) is 0 Å². The number of aliphatic hydroxyl groups is 3. The lowest BCUT2D eigenvalue weighted by molar-refractivity contribution is -0.0568. The van der Waals surface area contributed by atoms with Crippen LogP contribution in [-0.4, -0.2) is 83.3 Å². The Balaban J connectivity index is 2.22. The van der Waals surface area contributed by atoms with Gasteiger partial charge in [0.1, 0.15) is 0 Å². The zero-order valence-electron chi connectivity index (χ0n) is 27.2. The lowest BCUT2D eigenvalue weighted by Crippen LogP contribution is -2.56. The maximum absolute atomic E-state index is 13.1. The molecule has 0 aromatic heterocycles. The van der Waals surface area contributed by atoms with Crippen molar-refractivity contribution in [3.63, 3.8) is 0 Å². The molecule has 0 bridgehead atoms. The summed E-state index contributed by atoms with van der Waals surface area (Å²) in [7, 11) is -6.46. The van der Waals surface area contributed by atoms with Crippen molar-refractivity contribution >= 4 is 15.2 Å². The van der Waals surface area contributed by atoms with Crippen molar-refractivity contribution in [2.75, 3.05) is 46.2 Å². The second-order valence-corrected chi connectivity index (χ2v) is 16.0. The van der Waals surface area contributed by atoms with Crippen LogP contribution in [0.15, 0.2) is 48.5 Å². The molecular weight excluding hydrogens is 604 g/mol. The highest BCUT2D eigenvalue weighted by Gasteiger charge is 2.36. The fraction of sp³-hybridized carbons (Fsp3) is 0.625. The molecular formula is C32H53NO9P2. The molecule has 0 amide bonds. The van der Waals surface area contributed by atoms with Crippen molar-refractivity contribution in [3.05, 3.63) is 70.8 Å². The van der Waals surface area contributed by atoms with Gasteiger partial charge < -0.3 is 33.4 Å². The van der Waals surface area contributed by atoms with Crippen LogP contribution in [0.5, 0.6) is 0 Å². The number of benzene rings is 2. The van der Waals surface area contributed by atoms with Crippen LogP contribution >= 0.6 is 15.2 Å². The van der Waals surface area contributed by atoms with Crippen LogP contribution in [0.1, 0.15) is 63.8 Å². The predicted molar refractivity (Wildman–Crippen MR) is 174 cm³/mol. The van der Waals surface area contributed by atoms with Crippen molar-refractivity contribution in [3.8, 4) is 0 Å². The topological polar surface area (TPSA) is 135 Å². The van der Waals surface area contributed by atoms with E-state index in [-0.39, 0.29) is 11.3 Å². The molecule has 0 fully saturated rings. The lowest BCUT2D eigenvalue weighted by Gasteiger charge is -2.40. The molecule has 12 heteroatoms. The molecule has 0 aliphatic carbocycles. The first-order chi connectivity index (χ1) is 21.0. The summed E-state index contributed by atoms with van der Waals surface area (Å²) in [4.78, 5) is 1.87. The average Bonchev–Trinajstić information content (AvgIpc) is 3.00. The van der Waals surface area contributed by atoms with Gasteiger partial charge in [-0.05, 0) is 62.8 Å². The highest BCUT2D eigenvalue weighted by atomic mass is 31.2. The minimum Gasteiger partial charge on any atom is -0.394 e. The van der Waals surface area contributed by atoms with Crippen molar-refractivity contribution in [1.29, 1.82) is 0 Å². The van der Waals surface area contributed by atoms with E-state index in [4.69, 9.17) is 18.1 Å². The molecule has 0 spiro atoms. The van der Waals surface area contributed by atoms with Crippen LogP contribution in [-0.2, 0) is 53.2 Å². The molecule has 2 unspecified atom stereocenters. The molecule has 250 valence electrons. The van der Waals surface area contributed by atoms with E-state index in [1.807, 2.05) is 67.3 Å². The van der Waals surface area contributed by atoms with Crippen molar-refractivity contribution in [2.24, 2.45) is 0 Å². The molecule has 3 N–H and O–H groups in total. The van der Waals surface area contributed by atoms with Crippen molar-refractivity contribution in [2.45, 2.75) is 84.3 Å². The summed E-state index contributed by atoms with van der Waals surface area (Å²) in [6.45, 7) is 11.6. The monoisotopic (exact) mass is 657 g/mol. The molecule has 10 nitrogen and oxygen atoms in total. The van der Waals surface area contributed by atoms with Gasteiger partial charge in [0.05, 0.1) is 63.1 Å². The Labute approximate surface area is 263 Å². The zero-order valence-corrected chi connectivity index (χ0v) is 29.0. The van der Waals surface area contributed by atoms with E-state index in [0.29, 0.717) is 52.4 Å². The first-order valence-electron chi connectivity index (χ1n) is 15.5. The third-order valence-corrected chi connectivity index (χ3v) is 12.7. The Hall–Kier alpha value is -1.42. The SMILES string of the molecule is CCOP(=O)(OCC)C(C)Cc1ccc(CN(Cc2ccc(CC(C)P(=O)(OCC)OCC)cc2)C(CO)(CO)CO)cc1. The van der Waals surface area contributed by atoms with E-state index in [9.17, 15) is 24.4 Å². The fourth-order valence-corrected chi connectivity index (χ4v) is 8.53. The molecule has 2 aromatic carbocycles. The van der Waals surface area contributed by atoms with E-state index in [2.05, 4.69) is 0 Å². The Bertz CT molecular complexity index is 1080. The third-order valence-electron chi connectivity index (χ3n) is 7.72. The summed E-state index contributed by atoms with van der Waals surface area (Å²) in [6, 6.07) is 15.7. The first-order valence-corrected chi connectivity index (χ1v) is 18.7. The van der Waals surface area contributed by atoms with E-state index in [1.54, 1.807) is 27.7 Å². The summed E-state index contributed by atoms with van der Waals surface area (Å²) < 4.78 is 48.3. The maximum Gasteiger partial charge on any atom is 0.333 e. The number of hydrogen-bond donors (Lipinski definition) is 3. The molecule has 2 aromatic rings. The summed E-state index contributed by atoms with van der Waals surface area (Å²) >= 11 is 0. The standard InChI is InChI=1S/C32H53NO9P2/c1-7-39-43(37,40-8-2)26(5)19-28-11-15-30(16-12-28)21-33(32(23-34,24-35)25-36)22-31-17-13-29(14-18-31)20-27(6)44(38,41-9-3)42-10-4/h11-18,26-27,34-36H,7-10,19-25H2,1-6H3. The van der Waals surface area contributed by atoms with Gasteiger partial charge in [0, 0.05) is 13.1 Å². The van der Waals surface area contributed by atoms with Gasteiger partial charge in [0.15, 0.2) is 0 Å². The van der Waals surface area contributed by atoms with Gasteiger partial charge in [-0.15, -0.1) is 0 Å². The molecule has 0 aliphatic rings. The van der Waals surface area contributed by atoms with E-state index < -0.39 is 40.6 Å². The second kappa shape index (κ2) is 18.7. The number of rotatable bonds is 22. The summed E-state index contributed by atoms with van der Waals surface area (Å²) in [6.07, 6.45) is 1.04. The summed E-state index contributed by atoms with van der Waals surface area (Å²) in [5.74, 6) is 0. The van der Waals surface area contributed by atoms with Gasteiger partial charge in [0.2, 0.25) is 0 Å². The molecule has 0 saturated carbocycles. The maximum atomic E-state index is 13.1. The smallest absolute Gasteiger partial charge is 0.333 e. The first kappa shape index (κ1) is 38.8. The third kappa shape index (κ3) is 10.6. The van der Waals surface area contributed by atoms with Gasteiger partial charge in [-0.3, -0.25) is 14.0 Å². The molecule has 0 saturated heterocycles. The van der Waals surface area contributed by atoms with Crippen LogP contribution in [0.2, 0.25) is 0 Å². The van der Waals surface area contributed by atoms with Crippen LogP contribution in [0.4, 0.5) is 0 Å². The zero-order chi connectivity index (χ0) is 32.8. The van der Waals surface area contributed by atoms with Gasteiger partial charge in [-0.25, -0.2) is 0 Å². The predicted octanol–water partition coefficient (Wildman–Crippen LogP) is 5.80. The van der Waals surface area contributed by atoms with Gasteiger partial charge in [-0.2, -0.15) is 0 Å². The normalized spacial score (nSPS) is 14.2. The molecule has 0 aliphatic heterocycles. The summed E-state index contributed by atoms with van der Waals surface area (Å²) in [5, 5.41) is 30.8. The molecule has 44 heavy (non-hydrogen) atoms.